The molecule has 0 radical (unpaired) electrons. The van der Waals surface area contributed by atoms with E-state index in [4.69, 9.17) is 34.3 Å². The zero-order valence-electron chi connectivity index (χ0n) is 22.1. The van der Waals surface area contributed by atoms with Crippen LogP contribution in [0.1, 0.15) is 31.5 Å². The third-order valence-corrected chi connectivity index (χ3v) is 10.7. The molecule has 1 saturated carbocycles. The lowest BCUT2D eigenvalue weighted by atomic mass is 9.81. The number of nitrogen functional groups attached to an aromatic ring is 2. The Bertz CT molecular complexity index is 1700. The first-order valence-electron chi connectivity index (χ1n) is 12.7. The van der Waals surface area contributed by atoms with Crippen molar-refractivity contribution in [1.82, 2.24) is 39.0 Å². The number of anilines is 2. The first-order chi connectivity index (χ1) is 20.0. The van der Waals surface area contributed by atoms with Crippen LogP contribution in [0.4, 0.5) is 11.6 Å². The van der Waals surface area contributed by atoms with Crippen molar-refractivity contribution < 1.29 is 32.0 Å². The van der Waals surface area contributed by atoms with E-state index in [9.17, 15) is 9.13 Å². The molecule has 1 aliphatic carbocycles. The summed E-state index contributed by atoms with van der Waals surface area (Å²) >= 11 is 8.12. The molecule has 21 heteroatoms. The molecule has 2 aliphatic rings. The van der Waals surface area contributed by atoms with Crippen LogP contribution in [0.2, 0.25) is 0 Å². The molecule has 0 aromatic carbocycles. The van der Waals surface area contributed by atoms with Crippen LogP contribution in [0.15, 0.2) is 25.3 Å². The Morgan fingerprint density at radius 2 is 1.48 bits per heavy atom. The van der Waals surface area contributed by atoms with Gasteiger partial charge in [-0.05, 0) is 18.8 Å². The van der Waals surface area contributed by atoms with Gasteiger partial charge in [-0.1, -0.05) is 24.5 Å². The van der Waals surface area contributed by atoms with E-state index < -0.39 is 32.0 Å². The molecule has 5 atom stereocenters. The summed E-state index contributed by atoms with van der Waals surface area (Å²) in [4.78, 5) is 25.0. The number of rotatable bonds is 11. The largest absolute Gasteiger partial charge is 0.386 e. The SMILES string of the molecule is COP(=O)(S)OC[C@H]1O[C@@H](n2cnc3c(N)ncnc32)C[C@@H]1OP(=O)(S)OC[C@H]1C[C@@H](n2cnc3c(N)ncnc32)C1. The molecule has 1 saturated heterocycles. The Kier molecular flexibility index (Phi) is 8.23. The van der Waals surface area contributed by atoms with Crippen molar-refractivity contribution in [2.24, 2.45) is 5.92 Å². The molecule has 5 heterocycles. The summed E-state index contributed by atoms with van der Waals surface area (Å²) < 4.78 is 57.0. The average Bonchev–Trinajstić information content (AvgIpc) is 3.65. The third kappa shape index (κ3) is 6.02. The van der Waals surface area contributed by atoms with Gasteiger partial charge in [-0.15, -0.1) is 0 Å². The van der Waals surface area contributed by atoms with Crippen LogP contribution in [-0.2, 0) is 32.0 Å². The van der Waals surface area contributed by atoms with Gasteiger partial charge in [-0.2, -0.15) is 0 Å². The summed E-state index contributed by atoms with van der Waals surface area (Å²) in [5, 5.41) is 0. The highest BCUT2D eigenvalue weighted by Crippen LogP contribution is 2.58. The second-order valence-electron chi connectivity index (χ2n) is 9.88. The van der Waals surface area contributed by atoms with E-state index in [1.54, 1.807) is 10.9 Å². The highest BCUT2D eigenvalue weighted by Gasteiger charge is 2.43. The number of thiol groups is 2. The highest BCUT2D eigenvalue weighted by molar-refractivity contribution is 8.44. The number of ether oxygens (including phenoxy) is 1. The molecule has 226 valence electrons. The minimum absolute atomic E-state index is 0.113. The normalized spacial score (nSPS) is 27.2. The molecule has 4 aromatic heterocycles. The minimum atomic E-state index is -3.86. The first-order valence-corrected chi connectivity index (χ1v) is 18.1. The van der Waals surface area contributed by atoms with E-state index in [0.29, 0.717) is 28.1 Å². The van der Waals surface area contributed by atoms with Crippen molar-refractivity contribution in [2.45, 2.75) is 43.7 Å². The maximum absolute atomic E-state index is 13.3. The zero-order chi connectivity index (χ0) is 29.6. The smallest absolute Gasteiger partial charge is 0.382 e. The highest BCUT2D eigenvalue weighted by atomic mass is 32.7. The Morgan fingerprint density at radius 1 is 0.881 bits per heavy atom. The molecule has 0 bridgehead atoms. The first kappa shape index (κ1) is 29.7. The van der Waals surface area contributed by atoms with Crippen LogP contribution >= 0.6 is 38.1 Å². The fraction of sp³-hybridized carbons (Fsp3) is 0.524. The van der Waals surface area contributed by atoms with Crippen molar-refractivity contribution in [2.75, 3.05) is 31.8 Å². The standard InChI is InChI=1S/C21H28N10O7P2S2/c1-34-39(32,41)36-6-14-13(4-15(37-14)31-10-29-17-19(23)25-8-27-21(17)31)38-40(33,42)35-5-11-2-12(3-11)30-9-28-16-18(22)24-7-26-20(16)30/h7-15H,2-6H2,1H3,(H,32,41)(H,33,42)(H2,22,24,26)(H2,23,25,27)/t11-,12+,13-,14+,15+,39?,40?/m0/s1. The predicted molar refractivity (Wildman–Crippen MR) is 157 cm³/mol. The summed E-state index contributed by atoms with van der Waals surface area (Å²) in [7, 11) is 1.21. The van der Waals surface area contributed by atoms with E-state index in [1.807, 2.05) is 4.57 Å². The maximum atomic E-state index is 13.3. The van der Waals surface area contributed by atoms with Gasteiger partial charge in [-0.25, -0.2) is 39.0 Å². The lowest BCUT2D eigenvalue weighted by Crippen LogP contribution is -2.30. The summed E-state index contributed by atoms with van der Waals surface area (Å²) in [5.74, 6) is 0.651. The van der Waals surface area contributed by atoms with Gasteiger partial charge in [0.15, 0.2) is 22.9 Å². The molecule has 0 spiro atoms. The molecule has 2 fully saturated rings. The van der Waals surface area contributed by atoms with Crippen molar-refractivity contribution in [3.63, 3.8) is 0 Å². The predicted octanol–water partition coefficient (Wildman–Crippen LogP) is 3.21. The summed E-state index contributed by atoms with van der Waals surface area (Å²) in [5.41, 5.74) is 13.9. The van der Waals surface area contributed by atoms with Gasteiger partial charge in [0.1, 0.15) is 42.1 Å². The number of fused-ring (bicyclic) bond motifs is 2. The number of aromatic nitrogens is 8. The summed E-state index contributed by atoms with van der Waals surface area (Å²) in [6.07, 6.45) is 5.31. The average molecular weight is 659 g/mol. The number of nitrogens with zero attached hydrogens (tertiary/aromatic N) is 8. The van der Waals surface area contributed by atoms with Crippen molar-refractivity contribution >= 4 is 72.1 Å². The quantitative estimate of drug-likeness (QED) is 0.134. The van der Waals surface area contributed by atoms with Gasteiger partial charge >= 0.3 is 13.6 Å². The Hall–Kier alpha value is -2.34. The van der Waals surface area contributed by atoms with E-state index in [0.717, 1.165) is 12.8 Å². The monoisotopic (exact) mass is 658 g/mol. The lowest BCUT2D eigenvalue weighted by Gasteiger charge is -2.36. The van der Waals surface area contributed by atoms with Gasteiger partial charge in [0.2, 0.25) is 0 Å². The van der Waals surface area contributed by atoms with Crippen molar-refractivity contribution in [3.05, 3.63) is 25.3 Å². The summed E-state index contributed by atoms with van der Waals surface area (Å²) in [6, 6.07) is 0.143. The lowest BCUT2D eigenvalue weighted by molar-refractivity contribution is -0.0368. The van der Waals surface area contributed by atoms with Crippen LogP contribution < -0.4 is 11.5 Å². The van der Waals surface area contributed by atoms with Crippen LogP contribution in [0.25, 0.3) is 22.3 Å². The fourth-order valence-electron chi connectivity index (χ4n) is 5.04. The Balaban J connectivity index is 1.10. The fourth-order valence-corrected chi connectivity index (χ4v) is 7.26. The molecule has 2 unspecified atom stereocenters. The van der Waals surface area contributed by atoms with Gasteiger partial charge in [-0.3, -0.25) is 13.6 Å². The molecule has 0 amide bonds. The van der Waals surface area contributed by atoms with Gasteiger partial charge in [0.05, 0.1) is 25.9 Å². The molecule has 6 rings (SSSR count). The second-order valence-corrected chi connectivity index (χ2v) is 15.8. The van der Waals surface area contributed by atoms with E-state index in [-0.39, 0.29) is 37.4 Å². The zero-order valence-corrected chi connectivity index (χ0v) is 25.7. The number of imidazole rings is 2. The molecular weight excluding hydrogens is 630 g/mol. The van der Waals surface area contributed by atoms with E-state index in [2.05, 4.69) is 54.4 Å². The van der Waals surface area contributed by atoms with Gasteiger partial charge in [0.25, 0.3) is 0 Å². The van der Waals surface area contributed by atoms with Gasteiger partial charge in [0, 0.05) is 19.6 Å². The number of hydrogen-bond donors (Lipinski definition) is 4. The Morgan fingerprint density at radius 3 is 2.12 bits per heavy atom. The maximum Gasteiger partial charge on any atom is 0.386 e. The number of nitrogens with two attached hydrogens (primary N) is 2. The molecule has 1 aliphatic heterocycles. The Labute approximate surface area is 249 Å². The van der Waals surface area contributed by atoms with Crippen molar-refractivity contribution in [3.8, 4) is 0 Å². The molecule has 17 nitrogen and oxygen atoms in total. The van der Waals surface area contributed by atoms with E-state index in [1.165, 1.54) is 26.1 Å². The second kappa shape index (κ2) is 11.6. The number of hydrogen-bond acceptors (Lipinski definition) is 15. The molecule has 4 aromatic rings. The summed E-state index contributed by atoms with van der Waals surface area (Å²) in [6.45, 7) is -7.56. The minimum Gasteiger partial charge on any atom is -0.382 e. The van der Waals surface area contributed by atoms with E-state index >= 15 is 0 Å². The van der Waals surface area contributed by atoms with Crippen LogP contribution in [0.3, 0.4) is 0 Å². The molecule has 42 heavy (non-hydrogen) atoms. The van der Waals surface area contributed by atoms with Crippen molar-refractivity contribution in [1.29, 1.82) is 0 Å². The van der Waals surface area contributed by atoms with Crippen LogP contribution in [0, 0.1) is 5.92 Å². The van der Waals surface area contributed by atoms with Gasteiger partial charge < -0.3 is 29.8 Å². The molecule has 4 N–H and O–H groups in total. The third-order valence-electron chi connectivity index (χ3n) is 7.24. The van der Waals surface area contributed by atoms with Crippen LogP contribution in [0.5, 0.6) is 0 Å². The van der Waals surface area contributed by atoms with Crippen LogP contribution in [-0.4, -0.2) is 71.6 Å². The molecular formula is C21H28N10O7P2S2. The topological polar surface area (TPSA) is 220 Å².